The molecule has 2 aliphatic heterocycles. The van der Waals surface area contributed by atoms with Crippen LogP contribution < -0.4 is 9.80 Å². The number of para-hydroxylation sites is 2. The molecule has 4 rings (SSSR count). The Labute approximate surface area is 148 Å². The van der Waals surface area contributed by atoms with E-state index in [1.807, 2.05) is 49.5 Å². The maximum Gasteiger partial charge on any atom is 0.273 e. The van der Waals surface area contributed by atoms with Crippen LogP contribution in [0, 0.1) is 0 Å². The lowest BCUT2D eigenvalue weighted by molar-refractivity contribution is -0.113. The Morgan fingerprint density at radius 3 is 2.39 bits per heavy atom. The molecule has 1 amide bonds. The zero-order chi connectivity index (χ0) is 16.0. The van der Waals surface area contributed by atoms with E-state index in [0.29, 0.717) is 9.23 Å². The molecule has 0 aromatic heterocycles. The van der Waals surface area contributed by atoms with Crippen molar-refractivity contribution in [2.75, 3.05) is 16.8 Å². The third kappa shape index (κ3) is 2.38. The molecule has 23 heavy (non-hydrogen) atoms. The summed E-state index contributed by atoms with van der Waals surface area (Å²) in [6, 6.07) is 17.7. The Bertz CT molecular complexity index is 848. The fourth-order valence-electron chi connectivity index (χ4n) is 2.60. The van der Waals surface area contributed by atoms with Gasteiger partial charge >= 0.3 is 0 Å². The summed E-state index contributed by atoms with van der Waals surface area (Å²) < 4.78 is 0.577. The normalized spacial score (nSPS) is 20.4. The Kier molecular flexibility index (Phi) is 3.67. The molecular weight excluding hydrogens is 344 g/mol. The van der Waals surface area contributed by atoms with Crippen LogP contribution in [0.5, 0.6) is 0 Å². The molecule has 2 heterocycles. The standard InChI is InChI=1S/C17H12N2OS3/c1-18-12-9-5-6-10-13(12)22-16(18)14-15(20)19(17(21)23-14)11-7-3-2-4-8-11/h2-10H,1H3/b16-14-. The lowest BCUT2D eigenvalue weighted by atomic mass is 10.3. The number of anilines is 2. The van der Waals surface area contributed by atoms with Gasteiger partial charge in [-0.1, -0.05) is 66.1 Å². The molecule has 2 aromatic carbocycles. The van der Waals surface area contributed by atoms with Crippen molar-refractivity contribution in [3.63, 3.8) is 0 Å². The number of carbonyl (C=O) groups is 1. The summed E-state index contributed by atoms with van der Waals surface area (Å²) in [6.07, 6.45) is 0. The van der Waals surface area contributed by atoms with Gasteiger partial charge in [0.1, 0.15) is 4.91 Å². The molecule has 0 N–H and O–H groups in total. The molecule has 1 fully saturated rings. The van der Waals surface area contributed by atoms with Gasteiger partial charge in [-0.2, -0.15) is 0 Å². The lowest BCUT2D eigenvalue weighted by Gasteiger charge is -2.16. The summed E-state index contributed by atoms with van der Waals surface area (Å²) in [5.74, 6) is -0.0478. The topological polar surface area (TPSA) is 23.6 Å². The highest BCUT2D eigenvalue weighted by molar-refractivity contribution is 8.27. The molecule has 0 unspecified atom stereocenters. The Hall–Kier alpha value is -1.76. The van der Waals surface area contributed by atoms with Crippen molar-refractivity contribution >= 4 is 57.3 Å². The van der Waals surface area contributed by atoms with Crippen molar-refractivity contribution in [3.05, 3.63) is 64.5 Å². The Balaban J connectivity index is 1.75. The minimum absolute atomic E-state index is 0.0478. The van der Waals surface area contributed by atoms with Crippen molar-refractivity contribution in [2.24, 2.45) is 0 Å². The van der Waals surface area contributed by atoms with Crippen LogP contribution in [0.3, 0.4) is 0 Å². The van der Waals surface area contributed by atoms with Crippen LogP contribution in [0.4, 0.5) is 11.4 Å². The Morgan fingerprint density at radius 1 is 0.957 bits per heavy atom. The van der Waals surface area contributed by atoms with E-state index >= 15 is 0 Å². The molecule has 6 heteroatoms. The van der Waals surface area contributed by atoms with Gasteiger partial charge < -0.3 is 4.90 Å². The van der Waals surface area contributed by atoms with E-state index in [4.69, 9.17) is 12.2 Å². The van der Waals surface area contributed by atoms with Gasteiger partial charge in [0.15, 0.2) is 4.32 Å². The number of fused-ring (bicyclic) bond motifs is 1. The fraction of sp³-hybridized carbons (Fsp3) is 0.0588. The third-order valence-electron chi connectivity index (χ3n) is 3.72. The summed E-state index contributed by atoms with van der Waals surface area (Å²) in [5, 5.41) is 0.946. The lowest BCUT2D eigenvalue weighted by Crippen LogP contribution is -2.28. The first-order valence-electron chi connectivity index (χ1n) is 7.03. The number of rotatable bonds is 1. The molecule has 1 saturated heterocycles. The van der Waals surface area contributed by atoms with Gasteiger partial charge in [-0.15, -0.1) is 0 Å². The maximum atomic E-state index is 12.9. The second-order valence-electron chi connectivity index (χ2n) is 5.11. The van der Waals surface area contributed by atoms with Crippen LogP contribution in [0.25, 0.3) is 0 Å². The number of benzene rings is 2. The highest BCUT2D eigenvalue weighted by Gasteiger charge is 2.38. The van der Waals surface area contributed by atoms with Crippen molar-refractivity contribution < 1.29 is 4.79 Å². The van der Waals surface area contributed by atoms with Gasteiger partial charge in [-0.3, -0.25) is 9.69 Å². The number of hydrogen-bond donors (Lipinski definition) is 0. The maximum absolute atomic E-state index is 12.9. The van der Waals surface area contributed by atoms with Crippen LogP contribution in [-0.2, 0) is 4.79 Å². The molecule has 0 saturated carbocycles. The summed E-state index contributed by atoms with van der Waals surface area (Å²) in [4.78, 5) is 18.5. The summed E-state index contributed by atoms with van der Waals surface area (Å²) in [6.45, 7) is 0. The second kappa shape index (κ2) is 5.70. The van der Waals surface area contributed by atoms with Gasteiger partial charge in [0.05, 0.1) is 16.4 Å². The number of carbonyl (C=O) groups excluding carboxylic acids is 1. The molecular formula is C17H12N2OS3. The minimum Gasteiger partial charge on any atom is -0.337 e. The smallest absolute Gasteiger partial charge is 0.273 e. The highest BCUT2D eigenvalue weighted by atomic mass is 32.2. The van der Waals surface area contributed by atoms with Crippen LogP contribution in [-0.4, -0.2) is 17.3 Å². The quantitative estimate of drug-likeness (QED) is 0.554. The van der Waals surface area contributed by atoms with Gasteiger partial charge in [-0.05, 0) is 24.3 Å². The zero-order valence-corrected chi connectivity index (χ0v) is 14.7. The first kappa shape index (κ1) is 14.8. The largest absolute Gasteiger partial charge is 0.337 e. The van der Waals surface area contributed by atoms with Crippen LogP contribution >= 0.6 is 35.7 Å². The van der Waals surface area contributed by atoms with E-state index in [2.05, 4.69) is 17.0 Å². The van der Waals surface area contributed by atoms with E-state index in [1.165, 1.54) is 11.8 Å². The molecule has 0 radical (unpaired) electrons. The van der Waals surface area contributed by atoms with E-state index < -0.39 is 0 Å². The van der Waals surface area contributed by atoms with Crippen molar-refractivity contribution in [1.29, 1.82) is 0 Å². The van der Waals surface area contributed by atoms with Crippen molar-refractivity contribution in [1.82, 2.24) is 0 Å². The monoisotopic (exact) mass is 356 g/mol. The fourth-order valence-corrected chi connectivity index (χ4v) is 5.22. The summed E-state index contributed by atoms with van der Waals surface area (Å²) in [7, 11) is 1.99. The van der Waals surface area contributed by atoms with E-state index in [1.54, 1.807) is 16.7 Å². The van der Waals surface area contributed by atoms with Crippen LogP contribution in [0.15, 0.2) is 69.4 Å². The van der Waals surface area contributed by atoms with Gasteiger partial charge in [0.2, 0.25) is 0 Å². The van der Waals surface area contributed by atoms with Crippen LogP contribution in [0.1, 0.15) is 0 Å². The van der Waals surface area contributed by atoms with Crippen LogP contribution in [0.2, 0.25) is 0 Å². The minimum atomic E-state index is -0.0478. The Morgan fingerprint density at radius 2 is 1.65 bits per heavy atom. The molecule has 2 aliphatic rings. The summed E-state index contributed by atoms with van der Waals surface area (Å²) >= 11 is 8.44. The first-order valence-corrected chi connectivity index (χ1v) is 9.07. The van der Waals surface area contributed by atoms with E-state index in [9.17, 15) is 4.79 Å². The van der Waals surface area contributed by atoms with Gasteiger partial charge in [-0.25, -0.2) is 0 Å². The van der Waals surface area contributed by atoms with E-state index in [-0.39, 0.29) is 5.91 Å². The molecule has 0 spiro atoms. The summed E-state index contributed by atoms with van der Waals surface area (Å²) in [5.41, 5.74) is 1.94. The SMILES string of the molecule is CN1/C(=C2/SC(=S)N(c3ccccc3)C2=O)Sc2ccccc21. The molecule has 0 atom stereocenters. The highest BCUT2D eigenvalue weighted by Crippen LogP contribution is 2.50. The second-order valence-corrected chi connectivity index (χ2v) is 7.78. The number of nitrogens with zero attached hydrogens (tertiary/aromatic N) is 2. The van der Waals surface area contributed by atoms with Gasteiger partial charge in [0, 0.05) is 11.9 Å². The average molecular weight is 356 g/mol. The van der Waals surface area contributed by atoms with Crippen molar-refractivity contribution in [3.8, 4) is 0 Å². The van der Waals surface area contributed by atoms with Crippen molar-refractivity contribution in [2.45, 2.75) is 4.90 Å². The number of thiocarbonyl (C=S) groups is 1. The molecule has 2 aromatic rings. The third-order valence-corrected chi connectivity index (χ3v) is 6.44. The predicted molar refractivity (Wildman–Crippen MR) is 102 cm³/mol. The molecule has 114 valence electrons. The molecule has 0 bridgehead atoms. The zero-order valence-electron chi connectivity index (χ0n) is 12.2. The van der Waals surface area contributed by atoms with Gasteiger partial charge in [0.25, 0.3) is 5.91 Å². The predicted octanol–water partition coefficient (Wildman–Crippen LogP) is 4.46. The average Bonchev–Trinajstić information content (AvgIpc) is 3.05. The molecule has 0 aliphatic carbocycles. The van der Waals surface area contributed by atoms with E-state index in [0.717, 1.165) is 21.3 Å². The number of hydrogen-bond acceptors (Lipinski definition) is 5. The first-order chi connectivity index (χ1) is 11.2. The number of thioether (sulfide) groups is 2. The number of amides is 1. The molecule has 3 nitrogen and oxygen atoms in total.